The summed E-state index contributed by atoms with van der Waals surface area (Å²) in [6.45, 7) is 4.25. The normalized spacial score (nSPS) is 34.4. The zero-order valence-corrected chi connectivity index (χ0v) is 9.71. The molecule has 2 aliphatic carbocycles. The first-order valence-electron chi connectivity index (χ1n) is 5.53. The summed E-state index contributed by atoms with van der Waals surface area (Å²) in [6, 6.07) is 0. The summed E-state index contributed by atoms with van der Waals surface area (Å²) in [7, 11) is 0. The first kappa shape index (κ1) is 11.0. The smallest absolute Gasteiger partial charge is 0.184 e. The Morgan fingerprint density at radius 2 is 2.19 bits per heavy atom. The largest absolute Gasteiger partial charge is 0.515 e. The summed E-state index contributed by atoms with van der Waals surface area (Å²) in [6.07, 6.45) is 10.6. The van der Waals surface area contributed by atoms with Crippen LogP contribution in [0.25, 0.3) is 0 Å². The summed E-state index contributed by atoms with van der Waals surface area (Å²) in [5.41, 5.74) is 1.16. The number of fused-ring (bicyclic) bond motifs is 1. The molecule has 2 rings (SSSR count). The first-order valence-corrected chi connectivity index (χ1v) is 5.53. The highest BCUT2D eigenvalue weighted by atomic mass is 16.2. The number of rotatable bonds is 0. The maximum Gasteiger partial charge on any atom is 0.184 e. The van der Waals surface area contributed by atoms with Crippen LogP contribution in [0.3, 0.4) is 0 Å². The third-order valence-corrected chi connectivity index (χ3v) is 3.94. The van der Waals surface area contributed by atoms with Crippen molar-refractivity contribution in [1.82, 2.24) is 0 Å². The molecule has 0 heterocycles. The Labute approximate surface area is 96.0 Å². The molecule has 2 aliphatic rings. The van der Waals surface area contributed by atoms with Gasteiger partial charge in [-0.1, -0.05) is 19.8 Å². The minimum absolute atomic E-state index is 0.00299. The van der Waals surface area contributed by atoms with Crippen LogP contribution in [0.5, 0.6) is 0 Å². The number of allylic oxidation sites excluding steroid dienone is 3. The number of hydrogen-bond donors (Lipinski definition) is 1. The van der Waals surface area contributed by atoms with Gasteiger partial charge >= 0.3 is 0 Å². The minimum Gasteiger partial charge on any atom is -0.515 e. The molecule has 0 aliphatic heterocycles. The summed E-state index contributed by atoms with van der Waals surface area (Å²) in [5, 5.41) is 9.04. The van der Waals surface area contributed by atoms with Gasteiger partial charge in [-0.3, -0.25) is 4.79 Å². The third kappa shape index (κ3) is 1.31. The van der Waals surface area contributed by atoms with Crippen molar-refractivity contribution >= 4 is 5.78 Å². The average molecular weight is 216 g/mol. The van der Waals surface area contributed by atoms with Gasteiger partial charge < -0.3 is 5.11 Å². The molecule has 0 saturated heterocycles. The van der Waals surface area contributed by atoms with E-state index in [2.05, 4.69) is 19.8 Å². The van der Waals surface area contributed by atoms with Gasteiger partial charge in [0.2, 0.25) is 0 Å². The van der Waals surface area contributed by atoms with Gasteiger partial charge in [-0.2, -0.15) is 0 Å². The summed E-state index contributed by atoms with van der Waals surface area (Å²) >= 11 is 0. The topological polar surface area (TPSA) is 37.3 Å². The van der Waals surface area contributed by atoms with Gasteiger partial charge in [0, 0.05) is 5.57 Å². The Morgan fingerprint density at radius 1 is 1.50 bits per heavy atom. The minimum atomic E-state index is -0.341. The molecule has 0 bridgehead atoms. The molecule has 0 spiro atoms. The van der Waals surface area contributed by atoms with Crippen molar-refractivity contribution in [2.45, 2.75) is 33.1 Å². The van der Waals surface area contributed by atoms with Gasteiger partial charge in [-0.25, -0.2) is 0 Å². The molecule has 0 aromatic carbocycles. The van der Waals surface area contributed by atoms with E-state index in [-0.39, 0.29) is 16.6 Å². The second-order valence-electron chi connectivity index (χ2n) is 5.36. The quantitative estimate of drug-likeness (QED) is 0.384. The highest BCUT2D eigenvalue weighted by molar-refractivity contribution is 6.06. The van der Waals surface area contributed by atoms with Crippen molar-refractivity contribution in [2.24, 2.45) is 10.8 Å². The van der Waals surface area contributed by atoms with Crippen molar-refractivity contribution in [2.75, 3.05) is 0 Å². The number of aliphatic hydroxyl groups excluding tert-OH is 1. The van der Waals surface area contributed by atoms with E-state index in [4.69, 9.17) is 11.5 Å². The molecule has 0 aromatic rings. The third-order valence-electron chi connectivity index (χ3n) is 3.94. The molecular formula is C14H16O2. The fourth-order valence-corrected chi connectivity index (χ4v) is 2.91. The summed E-state index contributed by atoms with van der Waals surface area (Å²) < 4.78 is 0. The number of carbonyl (C=O) groups excluding carboxylic acids is 1. The molecule has 0 aromatic heterocycles. The van der Waals surface area contributed by atoms with E-state index < -0.39 is 0 Å². The standard InChI is InChI=1S/C14H16O2/c1-4-14-6-5-13(2,3)12(14)7-11(16)10(8-14)9-15/h1,7,9,15H,5-6,8H2,2-3H3. The van der Waals surface area contributed by atoms with E-state index in [9.17, 15) is 4.79 Å². The number of terminal acetylenes is 1. The van der Waals surface area contributed by atoms with Crippen LogP contribution < -0.4 is 0 Å². The zero-order valence-electron chi connectivity index (χ0n) is 9.71. The van der Waals surface area contributed by atoms with Crippen LogP contribution in [0.1, 0.15) is 33.1 Å². The lowest BCUT2D eigenvalue weighted by Crippen LogP contribution is -2.28. The van der Waals surface area contributed by atoms with Crippen molar-refractivity contribution in [1.29, 1.82) is 0 Å². The van der Waals surface area contributed by atoms with E-state index in [0.29, 0.717) is 12.0 Å². The fraction of sp³-hybridized carbons (Fsp3) is 0.500. The van der Waals surface area contributed by atoms with Crippen LogP contribution in [0, 0.1) is 23.2 Å². The average Bonchev–Trinajstić information content (AvgIpc) is 2.52. The SMILES string of the molecule is C#CC12CCC(C)(C)C1=CC(=O)C(=CO)C2. The van der Waals surface area contributed by atoms with E-state index in [0.717, 1.165) is 24.7 Å². The second kappa shape index (κ2) is 3.25. The van der Waals surface area contributed by atoms with Gasteiger partial charge in [-0.05, 0) is 36.3 Å². The summed E-state index contributed by atoms with van der Waals surface area (Å²) in [4.78, 5) is 11.7. The van der Waals surface area contributed by atoms with Crippen molar-refractivity contribution in [3.63, 3.8) is 0 Å². The van der Waals surface area contributed by atoms with Crippen molar-refractivity contribution in [3.05, 3.63) is 23.5 Å². The van der Waals surface area contributed by atoms with Crippen LogP contribution in [0.2, 0.25) is 0 Å². The van der Waals surface area contributed by atoms with E-state index >= 15 is 0 Å². The van der Waals surface area contributed by atoms with Gasteiger partial charge in [0.05, 0.1) is 11.7 Å². The Hall–Kier alpha value is -1.49. The lowest BCUT2D eigenvalue weighted by Gasteiger charge is -2.33. The van der Waals surface area contributed by atoms with Crippen LogP contribution in [0.4, 0.5) is 0 Å². The number of ketones is 1. The predicted molar refractivity (Wildman–Crippen MR) is 62.7 cm³/mol. The maximum atomic E-state index is 11.7. The molecule has 1 atom stereocenters. The highest BCUT2D eigenvalue weighted by Crippen LogP contribution is 2.57. The molecular weight excluding hydrogens is 200 g/mol. The lowest BCUT2D eigenvalue weighted by molar-refractivity contribution is -0.112. The number of hydrogen-bond acceptors (Lipinski definition) is 2. The van der Waals surface area contributed by atoms with Crippen molar-refractivity contribution in [3.8, 4) is 12.3 Å². The molecule has 2 nitrogen and oxygen atoms in total. The molecule has 0 radical (unpaired) electrons. The molecule has 1 N–H and O–H groups in total. The number of aliphatic hydroxyl groups is 1. The van der Waals surface area contributed by atoms with E-state index in [1.54, 1.807) is 6.08 Å². The summed E-state index contributed by atoms with van der Waals surface area (Å²) in [5.74, 6) is 2.75. The van der Waals surface area contributed by atoms with Gasteiger partial charge in [-0.15, -0.1) is 6.42 Å². The second-order valence-corrected chi connectivity index (χ2v) is 5.36. The Kier molecular flexibility index (Phi) is 2.24. The predicted octanol–water partition coefficient (Wildman–Crippen LogP) is 2.77. The molecule has 1 unspecified atom stereocenters. The fourth-order valence-electron chi connectivity index (χ4n) is 2.91. The molecule has 1 fully saturated rings. The van der Waals surface area contributed by atoms with Gasteiger partial charge in [0.25, 0.3) is 0 Å². The van der Waals surface area contributed by atoms with Crippen LogP contribution in [-0.4, -0.2) is 10.9 Å². The highest BCUT2D eigenvalue weighted by Gasteiger charge is 2.50. The van der Waals surface area contributed by atoms with Crippen LogP contribution in [0.15, 0.2) is 23.5 Å². The van der Waals surface area contributed by atoms with Gasteiger partial charge in [0.15, 0.2) is 5.78 Å². The monoisotopic (exact) mass is 216 g/mol. The molecule has 2 heteroatoms. The zero-order chi connectivity index (χ0) is 12.0. The Bertz CT molecular complexity index is 446. The molecule has 16 heavy (non-hydrogen) atoms. The number of carbonyl (C=O) groups is 1. The molecule has 0 amide bonds. The van der Waals surface area contributed by atoms with Crippen LogP contribution in [-0.2, 0) is 4.79 Å². The van der Waals surface area contributed by atoms with E-state index in [1.165, 1.54) is 0 Å². The molecule has 1 saturated carbocycles. The molecule has 84 valence electrons. The van der Waals surface area contributed by atoms with Crippen LogP contribution >= 0.6 is 0 Å². The maximum absolute atomic E-state index is 11.7. The Balaban J connectivity index is 2.58. The lowest BCUT2D eigenvalue weighted by atomic mass is 9.68. The van der Waals surface area contributed by atoms with Crippen molar-refractivity contribution < 1.29 is 9.90 Å². The van der Waals surface area contributed by atoms with E-state index in [1.807, 2.05) is 0 Å². The van der Waals surface area contributed by atoms with Gasteiger partial charge in [0.1, 0.15) is 0 Å². The first-order chi connectivity index (χ1) is 7.45. The Morgan fingerprint density at radius 3 is 2.75 bits per heavy atom.